The molecule has 0 aliphatic heterocycles. The van der Waals surface area contributed by atoms with E-state index in [4.69, 9.17) is 0 Å². The maximum absolute atomic E-state index is 13.8. The number of carbonyl (C=O) groups is 2. The lowest BCUT2D eigenvalue weighted by molar-refractivity contribution is -0.142. The minimum Gasteiger partial charge on any atom is -0.354 e. The molecule has 1 aromatic rings. The molecule has 38 heavy (non-hydrogen) atoms. The van der Waals surface area contributed by atoms with Crippen molar-refractivity contribution < 1.29 is 15.4 Å². The third kappa shape index (κ3) is 4.42. The van der Waals surface area contributed by atoms with Crippen molar-refractivity contribution in [3.05, 3.63) is 65.5 Å². The van der Waals surface area contributed by atoms with Crippen LogP contribution in [-0.2, 0) is 9.59 Å². The SMILES string of the molecule is CC(=O)N[C@@H]1CC[C@@H]2[C@@H](C1)C[C@H]1C(=O)C3(C)CC3[C@@H](C)[C@H]1[C@H]2/C=C/C1=CC=C(c2cccc(F)c2)C(C)C1.[HH]. The molecule has 4 fully saturated rings. The molecule has 10 atom stereocenters. The predicted octanol–water partition coefficient (Wildman–Crippen LogP) is 7.40. The maximum atomic E-state index is 13.8. The predicted molar refractivity (Wildman–Crippen MR) is 151 cm³/mol. The van der Waals surface area contributed by atoms with Crippen LogP contribution in [0.4, 0.5) is 4.39 Å². The summed E-state index contributed by atoms with van der Waals surface area (Å²) in [5, 5.41) is 3.17. The lowest BCUT2D eigenvalue weighted by Crippen LogP contribution is -2.53. The number of nitrogens with one attached hydrogen (secondary N) is 1. The Bertz CT molecular complexity index is 1240. The molecule has 0 heterocycles. The molecular formula is C34H44FNO2. The van der Waals surface area contributed by atoms with Crippen molar-refractivity contribution in [2.45, 2.75) is 72.3 Å². The first-order valence-corrected chi connectivity index (χ1v) is 14.8. The number of rotatable bonds is 4. The Morgan fingerprint density at radius 1 is 1.18 bits per heavy atom. The average molecular weight is 518 g/mol. The summed E-state index contributed by atoms with van der Waals surface area (Å²) in [6.07, 6.45) is 15.3. The topological polar surface area (TPSA) is 46.2 Å². The van der Waals surface area contributed by atoms with Gasteiger partial charge in [0, 0.05) is 25.7 Å². The minimum absolute atomic E-state index is 0. The molecule has 4 heteroatoms. The van der Waals surface area contributed by atoms with E-state index in [1.165, 1.54) is 17.2 Å². The van der Waals surface area contributed by atoms with Crippen LogP contribution in [0.3, 0.4) is 0 Å². The lowest BCUT2D eigenvalue weighted by atomic mass is 9.50. The van der Waals surface area contributed by atoms with Crippen LogP contribution in [0, 0.1) is 58.6 Å². The fourth-order valence-corrected chi connectivity index (χ4v) is 9.23. The first kappa shape index (κ1) is 25.8. The summed E-state index contributed by atoms with van der Waals surface area (Å²) in [5.74, 6) is 3.89. The van der Waals surface area contributed by atoms with Gasteiger partial charge in [0.2, 0.25) is 5.91 Å². The number of halogens is 1. The molecular weight excluding hydrogens is 473 g/mol. The van der Waals surface area contributed by atoms with Crippen molar-refractivity contribution in [2.75, 3.05) is 0 Å². The van der Waals surface area contributed by atoms with Crippen LogP contribution in [-0.4, -0.2) is 17.7 Å². The number of Topliss-reactive ketones (excluding diaryl/α,β-unsaturated/α-hetero) is 1. The van der Waals surface area contributed by atoms with E-state index in [-0.39, 0.29) is 30.5 Å². The maximum Gasteiger partial charge on any atom is 0.217 e. The number of amides is 1. The highest BCUT2D eigenvalue weighted by molar-refractivity contribution is 5.91. The molecule has 1 N–H and O–H groups in total. The Hall–Kier alpha value is -2.49. The second kappa shape index (κ2) is 9.61. The molecule has 0 aromatic heterocycles. The Kier molecular flexibility index (Phi) is 6.52. The second-order valence-corrected chi connectivity index (χ2v) is 13.4. The molecule has 1 amide bonds. The van der Waals surface area contributed by atoms with Crippen molar-refractivity contribution >= 4 is 17.3 Å². The molecule has 1 aromatic carbocycles. The van der Waals surface area contributed by atoms with E-state index in [1.54, 1.807) is 19.1 Å². The first-order valence-electron chi connectivity index (χ1n) is 14.8. The van der Waals surface area contributed by atoms with Crippen molar-refractivity contribution in [3.8, 4) is 0 Å². The first-order chi connectivity index (χ1) is 18.2. The third-order valence-corrected chi connectivity index (χ3v) is 11.1. The number of benzene rings is 1. The van der Waals surface area contributed by atoms with Crippen molar-refractivity contribution in [1.29, 1.82) is 0 Å². The van der Waals surface area contributed by atoms with E-state index in [0.29, 0.717) is 47.2 Å². The van der Waals surface area contributed by atoms with Gasteiger partial charge in [-0.25, -0.2) is 4.39 Å². The smallest absolute Gasteiger partial charge is 0.217 e. The molecule has 0 saturated heterocycles. The molecule has 3 unspecified atom stereocenters. The Labute approximate surface area is 228 Å². The highest BCUT2D eigenvalue weighted by atomic mass is 19.1. The van der Waals surface area contributed by atoms with Crippen molar-refractivity contribution in [3.63, 3.8) is 0 Å². The summed E-state index contributed by atoms with van der Waals surface area (Å²) >= 11 is 0. The Morgan fingerprint density at radius 2 is 2.00 bits per heavy atom. The normalized spacial score (nSPS) is 41.9. The summed E-state index contributed by atoms with van der Waals surface area (Å²) < 4.78 is 13.8. The van der Waals surface area contributed by atoms with Crippen LogP contribution in [0.25, 0.3) is 5.57 Å². The average Bonchev–Trinajstić information content (AvgIpc) is 3.58. The number of ketones is 1. The van der Waals surface area contributed by atoms with E-state index in [9.17, 15) is 14.0 Å². The Morgan fingerprint density at radius 3 is 2.74 bits per heavy atom. The molecule has 5 aliphatic rings. The molecule has 0 spiro atoms. The molecule has 3 nitrogen and oxygen atoms in total. The van der Waals surface area contributed by atoms with E-state index in [1.807, 2.05) is 6.07 Å². The summed E-state index contributed by atoms with van der Waals surface area (Å²) in [7, 11) is 0. The van der Waals surface area contributed by atoms with Gasteiger partial charge in [0.1, 0.15) is 11.6 Å². The lowest BCUT2D eigenvalue weighted by Gasteiger charge is -2.54. The highest BCUT2D eigenvalue weighted by Gasteiger charge is 2.67. The monoisotopic (exact) mass is 517 g/mol. The summed E-state index contributed by atoms with van der Waals surface area (Å²) in [5.41, 5.74) is 3.38. The zero-order valence-electron chi connectivity index (χ0n) is 23.3. The molecule has 6 rings (SSSR count). The van der Waals surface area contributed by atoms with E-state index in [0.717, 1.165) is 44.1 Å². The van der Waals surface area contributed by atoms with Gasteiger partial charge in [-0.05, 0) is 109 Å². The zero-order chi connectivity index (χ0) is 26.8. The van der Waals surface area contributed by atoms with Crippen molar-refractivity contribution in [1.82, 2.24) is 5.32 Å². The van der Waals surface area contributed by atoms with E-state index in [2.05, 4.69) is 50.4 Å². The van der Waals surface area contributed by atoms with Crippen LogP contribution < -0.4 is 5.32 Å². The van der Waals surface area contributed by atoms with Gasteiger partial charge in [-0.3, -0.25) is 9.59 Å². The summed E-state index contributed by atoms with van der Waals surface area (Å²) in [4.78, 5) is 25.5. The number of allylic oxidation sites excluding steroid dienone is 6. The number of hydrogen-bond acceptors (Lipinski definition) is 2. The number of fused-ring (bicyclic) bond motifs is 3. The molecule has 4 saturated carbocycles. The summed E-state index contributed by atoms with van der Waals surface area (Å²) in [6, 6.07) is 7.14. The zero-order valence-corrected chi connectivity index (χ0v) is 23.3. The molecule has 5 aliphatic carbocycles. The van der Waals surface area contributed by atoms with Gasteiger partial charge in [0.25, 0.3) is 0 Å². The fourth-order valence-electron chi connectivity index (χ4n) is 9.23. The van der Waals surface area contributed by atoms with Crippen LogP contribution in [0.2, 0.25) is 0 Å². The van der Waals surface area contributed by atoms with Crippen LogP contribution in [0.15, 0.2) is 54.1 Å². The van der Waals surface area contributed by atoms with E-state index < -0.39 is 0 Å². The minimum atomic E-state index is -0.192. The second-order valence-electron chi connectivity index (χ2n) is 13.4. The van der Waals surface area contributed by atoms with Gasteiger partial charge in [-0.15, -0.1) is 0 Å². The van der Waals surface area contributed by atoms with Gasteiger partial charge >= 0.3 is 0 Å². The van der Waals surface area contributed by atoms with Gasteiger partial charge in [0.15, 0.2) is 0 Å². The van der Waals surface area contributed by atoms with Crippen molar-refractivity contribution in [2.24, 2.45) is 52.8 Å². The molecule has 0 bridgehead atoms. The van der Waals surface area contributed by atoms with Gasteiger partial charge in [-0.1, -0.05) is 57.2 Å². The quantitative estimate of drug-likeness (QED) is 0.452. The molecule has 204 valence electrons. The highest BCUT2D eigenvalue weighted by Crippen LogP contribution is 2.68. The van der Waals surface area contributed by atoms with Gasteiger partial charge < -0.3 is 5.32 Å². The summed E-state index contributed by atoms with van der Waals surface area (Å²) in [6.45, 7) is 8.47. The van der Waals surface area contributed by atoms with E-state index >= 15 is 0 Å². The largest absolute Gasteiger partial charge is 0.354 e. The fraction of sp³-hybridized carbons (Fsp3) is 0.588. The Balaban J connectivity index is 0.00000308. The number of hydrogen-bond donors (Lipinski definition) is 1. The van der Waals surface area contributed by atoms with Crippen LogP contribution in [0.1, 0.15) is 73.2 Å². The van der Waals surface area contributed by atoms with Crippen LogP contribution >= 0.6 is 0 Å². The molecule has 0 radical (unpaired) electrons. The van der Waals surface area contributed by atoms with Gasteiger partial charge in [-0.2, -0.15) is 0 Å². The standard InChI is InChI=1S/C34H42FNO2.H2/c1-19-14-22(8-11-27(19)23-6-5-7-25(35)15-23)9-12-29-28-13-10-26(36-21(3)37)16-24(28)17-30-32(29)20(2)31-18-34(31,4)33(30)38;/h5-9,11-12,15,19-20,24,26,28-32H,10,13-14,16-18H2,1-4H3,(H,36,37);1H/b12-9+;/t19?,20-,24+,26-,28-,29+,30-,31?,32+,34?;/m1./s1. The van der Waals surface area contributed by atoms with Gasteiger partial charge in [0.05, 0.1) is 0 Å². The third-order valence-electron chi connectivity index (χ3n) is 11.1. The number of carbonyl (C=O) groups excluding carboxylic acids is 2. The van der Waals surface area contributed by atoms with Crippen LogP contribution in [0.5, 0.6) is 0 Å².